The van der Waals surface area contributed by atoms with Gasteiger partial charge in [-0.05, 0) is 65.9 Å². The molecular formula is C34H33ClN4O4. The van der Waals surface area contributed by atoms with Crippen LogP contribution in [0.2, 0.25) is 5.02 Å². The van der Waals surface area contributed by atoms with Crippen LogP contribution in [0.3, 0.4) is 0 Å². The third-order valence-electron chi connectivity index (χ3n) is 6.70. The van der Waals surface area contributed by atoms with Crippen LogP contribution in [0, 0.1) is 18.3 Å². The quantitative estimate of drug-likeness (QED) is 0.130. The Kier molecular flexibility index (Phi) is 11.1. The normalized spacial score (nSPS) is 10.5. The van der Waals surface area contributed by atoms with E-state index in [4.69, 9.17) is 36.8 Å². The molecule has 9 heteroatoms. The molecule has 0 fully saturated rings. The molecule has 0 bridgehead atoms. The van der Waals surface area contributed by atoms with Gasteiger partial charge in [0.2, 0.25) is 5.91 Å². The zero-order valence-corrected chi connectivity index (χ0v) is 24.7. The van der Waals surface area contributed by atoms with Gasteiger partial charge in [-0.15, -0.1) is 0 Å². The van der Waals surface area contributed by atoms with Crippen LogP contribution in [-0.4, -0.2) is 24.0 Å². The van der Waals surface area contributed by atoms with Crippen LogP contribution >= 0.6 is 11.6 Å². The molecule has 0 saturated carbocycles. The lowest BCUT2D eigenvalue weighted by atomic mass is 9.96. The van der Waals surface area contributed by atoms with Gasteiger partial charge in [0.25, 0.3) is 0 Å². The summed E-state index contributed by atoms with van der Waals surface area (Å²) in [6.07, 6.45) is 5.09. The van der Waals surface area contributed by atoms with Gasteiger partial charge in [0.15, 0.2) is 0 Å². The summed E-state index contributed by atoms with van der Waals surface area (Å²) in [7, 11) is 0. The van der Waals surface area contributed by atoms with E-state index in [1.165, 1.54) is 12.3 Å². The van der Waals surface area contributed by atoms with E-state index in [2.05, 4.69) is 35.9 Å². The Morgan fingerprint density at radius 2 is 1.86 bits per heavy atom. The van der Waals surface area contributed by atoms with Gasteiger partial charge in [-0.25, -0.2) is 0 Å². The number of aromatic nitrogens is 1. The molecule has 4 aromatic rings. The highest BCUT2D eigenvalue weighted by atomic mass is 35.5. The van der Waals surface area contributed by atoms with Crippen molar-refractivity contribution in [1.82, 2.24) is 10.3 Å². The van der Waals surface area contributed by atoms with Crippen molar-refractivity contribution < 1.29 is 19.0 Å². The topological polar surface area (TPSA) is 119 Å². The lowest BCUT2D eigenvalue weighted by molar-refractivity contribution is -0.116. The van der Waals surface area contributed by atoms with Gasteiger partial charge in [-0.3, -0.25) is 9.78 Å². The van der Waals surface area contributed by atoms with Crippen molar-refractivity contribution in [1.29, 1.82) is 5.26 Å². The number of pyridine rings is 1. The number of nitrogens with two attached hydrogens (primary N) is 1. The summed E-state index contributed by atoms with van der Waals surface area (Å²) in [4.78, 5) is 15.4. The third-order valence-corrected chi connectivity index (χ3v) is 7.00. The Balaban J connectivity index is 1.44. The minimum Gasteiger partial charge on any atom is -0.494 e. The van der Waals surface area contributed by atoms with Gasteiger partial charge >= 0.3 is 0 Å². The summed E-state index contributed by atoms with van der Waals surface area (Å²) >= 11 is 6.55. The molecule has 0 unspecified atom stereocenters. The van der Waals surface area contributed by atoms with Crippen LogP contribution in [0.25, 0.3) is 11.1 Å². The van der Waals surface area contributed by atoms with E-state index >= 15 is 0 Å². The first kappa shape index (κ1) is 31.1. The van der Waals surface area contributed by atoms with E-state index in [0.717, 1.165) is 39.1 Å². The maximum atomic E-state index is 11.3. The molecule has 0 aliphatic heterocycles. The van der Waals surface area contributed by atoms with Crippen LogP contribution in [-0.2, 0) is 24.6 Å². The van der Waals surface area contributed by atoms with Gasteiger partial charge in [0.1, 0.15) is 36.5 Å². The molecule has 3 N–H and O–H groups in total. The minimum absolute atomic E-state index is 0.193. The molecule has 0 saturated heterocycles. The fourth-order valence-electron chi connectivity index (χ4n) is 4.38. The largest absolute Gasteiger partial charge is 0.494 e. The number of nitrogens with zero attached hydrogens (tertiary/aromatic N) is 2. The zero-order chi connectivity index (χ0) is 30.6. The van der Waals surface area contributed by atoms with Crippen LogP contribution in [0.5, 0.6) is 17.2 Å². The Labute approximate surface area is 256 Å². The molecule has 43 heavy (non-hydrogen) atoms. The number of carbonyl (C=O) groups excluding carboxylic acids is 1. The second-order valence-corrected chi connectivity index (χ2v) is 10.1. The fraction of sp³-hybridized carbons (Fsp3) is 0.206. The maximum absolute atomic E-state index is 11.3. The van der Waals surface area contributed by atoms with Gasteiger partial charge in [0.05, 0.1) is 17.2 Å². The molecule has 4 rings (SSSR count). The predicted octanol–water partition coefficient (Wildman–Crippen LogP) is 6.27. The van der Waals surface area contributed by atoms with Crippen molar-refractivity contribution in [3.63, 3.8) is 0 Å². The van der Waals surface area contributed by atoms with Crippen molar-refractivity contribution in [3.05, 3.63) is 119 Å². The zero-order valence-electron chi connectivity index (χ0n) is 23.9. The summed E-state index contributed by atoms with van der Waals surface area (Å²) in [5.41, 5.74) is 12.1. The van der Waals surface area contributed by atoms with Gasteiger partial charge in [0, 0.05) is 42.7 Å². The molecule has 0 aliphatic rings. The fourth-order valence-corrected chi connectivity index (χ4v) is 4.62. The molecule has 1 heterocycles. The number of nitriles is 1. The molecule has 1 amide bonds. The number of hydrogen-bond donors (Lipinski definition) is 2. The van der Waals surface area contributed by atoms with Crippen LogP contribution < -0.4 is 25.3 Å². The number of ether oxygens (including phenoxy) is 3. The number of rotatable bonds is 14. The second-order valence-electron chi connectivity index (χ2n) is 9.68. The number of benzene rings is 3. The first-order valence-electron chi connectivity index (χ1n) is 13.8. The first-order chi connectivity index (χ1) is 20.9. The molecular weight excluding hydrogens is 564 g/mol. The number of carbonyl (C=O) groups is 1. The van der Waals surface area contributed by atoms with Crippen molar-refractivity contribution in [2.75, 3.05) is 13.2 Å². The van der Waals surface area contributed by atoms with Gasteiger partial charge in [-0.1, -0.05) is 48.5 Å². The average Bonchev–Trinajstić information content (AvgIpc) is 3.03. The van der Waals surface area contributed by atoms with Crippen molar-refractivity contribution in [2.24, 2.45) is 5.73 Å². The van der Waals surface area contributed by atoms with E-state index in [9.17, 15) is 4.79 Å². The van der Waals surface area contributed by atoms with Crippen molar-refractivity contribution >= 4 is 17.5 Å². The molecule has 1 aromatic heterocycles. The van der Waals surface area contributed by atoms with Crippen molar-refractivity contribution in [3.8, 4) is 34.4 Å². The number of halogens is 1. The Morgan fingerprint density at radius 3 is 2.65 bits per heavy atom. The van der Waals surface area contributed by atoms with E-state index < -0.39 is 0 Å². The van der Waals surface area contributed by atoms with E-state index in [-0.39, 0.29) is 19.1 Å². The summed E-state index contributed by atoms with van der Waals surface area (Å²) in [5.74, 6) is 1.58. The molecule has 0 radical (unpaired) electrons. The predicted molar refractivity (Wildman–Crippen MR) is 167 cm³/mol. The SMILES string of the molecule is C=CC(=O)NCCCOc1cccc(-c2cccc(COc3cc(OCc4cncc(C#N)c4)c(CN)cc3Cl)c2C)c1. The Hall–Kier alpha value is -4.84. The number of hydrogen-bond acceptors (Lipinski definition) is 7. The first-order valence-corrected chi connectivity index (χ1v) is 14.1. The van der Waals surface area contributed by atoms with E-state index in [0.29, 0.717) is 48.3 Å². The highest BCUT2D eigenvalue weighted by Crippen LogP contribution is 2.35. The second kappa shape index (κ2) is 15.4. The number of nitrogens with one attached hydrogen (secondary N) is 1. The molecule has 0 aliphatic carbocycles. The minimum atomic E-state index is -0.193. The highest BCUT2D eigenvalue weighted by Gasteiger charge is 2.13. The average molecular weight is 597 g/mol. The van der Waals surface area contributed by atoms with E-state index in [1.807, 2.05) is 36.4 Å². The number of amides is 1. The Morgan fingerprint density at radius 1 is 1.05 bits per heavy atom. The smallest absolute Gasteiger partial charge is 0.243 e. The highest BCUT2D eigenvalue weighted by molar-refractivity contribution is 6.32. The molecule has 3 aromatic carbocycles. The van der Waals surface area contributed by atoms with Crippen LogP contribution in [0.15, 0.2) is 85.7 Å². The summed E-state index contributed by atoms with van der Waals surface area (Å²) in [6.45, 7) is 7.24. The lowest BCUT2D eigenvalue weighted by Crippen LogP contribution is -2.23. The van der Waals surface area contributed by atoms with Crippen molar-refractivity contribution in [2.45, 2.75) is 33.1 Å². The summed E-state index contributed by atoms with van der Waals surface area (Å²) in [5, 5.41) is 12.3. The maximum Gasteiger partial charge on any atom is 0.243 e. The summed E-state index contributed by atoms with van der Waals surface area (Å²) in [6, 6.07) is 21.3. The molecule has 8 nitrogen and oxygen atoms in total. The standard InChI is InChI=1S/C34H33ClN4O4/c1-3-34(40)39-11-6-12-41-29-9-4-7-26(14-29)30-10-5-8-27(23(30)2)22-43-33-16-32(28(18-37)15-31(33)35)42-21-25-13-24(17-36)19-38-20-25/h3-5,7-10,13-16,19-20H,1,6,11-12,18,21-22,37H2,2H3,(H,39,40). The van der Waals surface area contributed by atoms with Crippen LogP contribution in [0.4, 0.5) is 0 Å². The summed E-state index contributed by atoms with van der Waals surface area (Å²) < 4.78 is 18.1. The van der Waals surface area contributed by atoms with Gasteiger partial charge < -0.3 is 25.3 Å². The molecule has 0 spiro atoms. The van der Waals surface area contributed by atoms with Gasteiger partial charge in [-0.2, -0.15) is 5.26 Å². The monoisotopic (exact) mass is 596 g/mol. The molecule has 220 valence electrons. The molecule has 0 atom stereocenters. The van der Waals surface area contributed by atoms with E-state index in [1.54, 1.807) is 24.4 Å². The Bertz CT molecular complexity index is 1630. The lowest BCUT2D eigenvalue weighted by Gasteiger charge is -2.17. The third kappa shape index (κ3) is 8.58. The van der Waals surface area contributed by atoms with Crippen LogP contribution in [0.1, 0.15) is 34.2 Å².